The van der Waals surface area contributed by atoms with Gasteiger partial charge in [0, 0.05) is 18.6 Å². The fourth-order valence-corrected chi connectivity index (χ4v) is 2.22. The number of carbonyl (C=O) groups is 3. The van der Waals surface area contributed by atoms with Gasteiger partial charge in [-0.3, -0.25) is 14.4 Å². The van der Waals surface area contributed by atoms with Gasteiger partial charge in [0.05, 0.1) is 0 Å². The van der Waals surface area contributed by atoms with E-state index in [1.807, 2.05) is 0 Å². The zero-order valence-electron chi connectivity index (χ0n) is 12.8. The maximum atomic E-state index is 13.7. The first-order chi connectivity index (χ1) is 11.8. The maximum absolute atomic E-state index is 13.7. The third kappa shape index (κ3) is 4.43. The molecule has 0 spiro atoms. The number of ketones is 1. The lowest BCUT2D eigenvalue weighted by Gasteiger charge is -2.17. The number of hydrogen-bond donors (Lipinski definition) is 2. The third-order valence-electron chi connectivity index (χ3n) is 3.38. The number of rotatable bonds is 6. The highest BCUT2D eigenvalue weighted by molar-refractivity contribution is 6.38. The molecule has 25 heavy (non-hydrogen) atoms. The molecule has 2 amide bonds. The first-order valence-electron chi connectivity index (χ1n) is 7.12. The Morgan fingerprint density at radius 1 is 1.00 bits per heavy atom. The zero-order chi connectivity index (χ0) is 18.6. The highest BCUT2D eigenvalue weighted by atomic mass is 19.1. The topological polar surface area (TPSA) is 89.3 Å². The molecule has 1 unspecified atom stereocenters. The fraction of sp³-hybridized carbons (Fsp3) is 0.118. The van der Waals surface area contributed by atoms with Gasteiger partial charge >= 0.3 is 0 Å². The van der Waals surface area contributed by atoms with Crippen LogP contribution in [-0.2, 0) is 16.0 Å². The monoisotopic (exact) mass is 350 g/mol. The van der Waals surface area contributed by atoms with E-state index in [4.69, 9.17) is 5.73 Å². The van der Waals surface area contributed by atoms with Gasteiger partial charge in [0.15, 0.2) is 0 Å². The average Bonchev–Trinajstić information content (AvgIpc) is 2.53. The van der Waals surface area contributed by atoms with Crippen molar-refractivity contribution in [3.05, 3.63) is 71.0 Å². The summed E-state index contributed by atoms with van der Waals surface area (Å²) in [7, 11) is 0. The van der Waals surface area contributed by atoms with Crippen molar-refractivity contribution < 1.29 is 27.6 Å². The Hall–Kier alpha value is -3.16. The summed E-state index contributed by atoms with van der Waals surface area (Å²) < 4.78 is 40.3. The Kier molecular flexibility index (Phi) is 5.53. The molecule has 5 nitrogen and oxygen atoms in total. The van der Waals surface area contributed by atoms with E-state index < -0.39 is 46.7 Å². The molecule has 3 N–H and O–H groups in total. The van der Waals surface area contributed by atoms with Crippen LogP contribution in [0, 0.1) is 17.5 Å². The number of nitrogens with one attached hydrogen (secondary N) is 1. The zero-order valence-corrected chi connectivity index (χ0v) is 12.8. The summed E-state index contributed by atoms with van der Waals surface area (Å²) in [5, 5.41) is 2.07. The Labute approximate surface area is 140 Å². The molecule has 0 aliphatic rings. The Morgan fingerprint density at radius 3 is 2.08 bits per heavy atom. The van der Waals surface area contributed by atoms with Crippen LogP contribution < -0.4 is 11.1 Å². The Morgan fingerprint density at radius 2 is 1.56 bits per heavy atom. The van der Waals surface area contributed by atoms with Crippen LogP contribution in [0.3, 0.4) is 0 Å². The summed E-state index contributed by atoms with van der Waals surface area (Å²) in [5.74, 6) is -7.78. The fourth-order valence-electron chi connectivity index (χ4n) is 2.22. The van der Waals surface area contributed by atoms with E-state index in [1.54, 1.807) is 30.3 Å². The van der Waals surface area contributed by atoms with E-state index >= 15 is 0 Å². The molecule has 0 fully saturated rings. The predicted octanol–water partition coefficient (Wildman–Crippen LogP) is 1.50. The molecule has 8 heteroatoms. The van der Waals surface area contributed by atoms with Gasteiger partial charge in [0.25, 0.3) is 11.8 Å². The molecule has 0 radical (unpaired) electrons. The summed E-state index contributed by atoms with van der Waals surface area (Å²) in [5.41, 5.74) is 4.47. The van der Waals surface area contributed by atoms with Crippen LogP contribution in [0.25, 0.3) is 0 Å². The van der Waals surface area contributed by atoms with Crippen molar-refractivity contribution in [2.45, 2.75) is 12.5 Å². The molecule has 2 aromatic carbocycles. The van der Waals surface area contributed by atoms with Crippen LogP contribution in [0.1, 0.15) is 15.9 Å². The van der Waals surface area contributed by atoms with Gasteiger partial charge in [0.1, 0.15) is 29.1 Å². The Bertz CT molecular complexity index is 802. The van der Waals surface area contributed by atoms with E-state index in [-0.39, 0.29) is 6.42 Å². The second-order valence-electron chi connectivity index (χ2n) is 5.19. The highest BCUT2D eigenvalue weighted by Crippen LogP contribution is 2.15. The normalized spacial score (nSPS) is 11.6. The molecule has 0 aliphatic carbocycles. The van der Waals surface area contributed by atoms with Crippen molar-refractivity contribution in [2.75, 3.05) is 0 Å². The van der Waals surface area contributed by atoms with Crippen molar-refractivity contribution in [2.24, 2.45) is 5.73 Å². The lowest BCUT2D eigenvalue weighted by molar-refractivity contribution is -0.137. The number of halogens is 3. The SMILES string of the molecule is NC(=O)C(=O)C(Cc1ccccc1)NC(=O)c1c(F)cc(F)cc1F. The van der Waals surface area contributed by atoms with Gasteiger partial charge in [-0.15, -0.1) is 0 Å². The van der Waals surface area contributed by atoms with Gasteiger partial charge in [-0.05, 0) is 5.56 Å². The first-order valence-corrected chi connectivity index (χ1v) is 7.12. The van der Waals surface area contributed by atoms with Gasteiger partial charge in [-0.2, -0.15) is 0 Å². The molecule has 0 saturated carbocycles. The van der Waals surface area contributed by atoms with Crippen molar-refractivity contribution in [1.82, 2.24) is 5.32 Å². The molecule has 0 saturated heterocycles. The van der Waals surface area contributed by atoms with Crippen LogP contribution >= 0.6 is 0 Å². The van der Waals surface area contributed by atoms with Crippen molar-refractivity contribution >= 4 is 17.6 Å². The molecular weight excluding hydrogens is 337 g/mol. The van der Waals surface area contributed by atoms with E-state index in [0.717, 1.165) is 0 Å². The van der Waals surface area contributed by atoms with Crippen molar-refractivity contribution in [1.29, 1.82) is 0 Å². The molecule has 0 aliphatic heterocycles. The number of amides is 2. The van der Waals surface area contributed by atoms with Gasteiger partial charge in [-0.1, -0.05) is 30.3 Å². The van der Waals surface area contributed by atoms with Crippen LogP contribution in [0.5, 0.6) is 0 Å². The third-order valence-corrected chi connectivity index (χ3v) is 3.38. The molecule has 0 aromatic heterocycles. The standard InChI is InChI=1S/C17H13F3N2O3/c18-10-7-11(19)14(12(20)8-10)17(25)22-13(15(23)16(21)24)6-9-4-2-1-3-5-9/h1-5,7-8,13H,6H2,(H2,21,24)(H,22,25). The average molecular weight is 350 g/mol. The van der Waals surface area contributed by atoms with E-state index in [0.29, 0.717) is 17.7 Å². The van der Waals surface area contributed by atoms with Crippen LogP contribution in [-0.4, -0.2) is 23.6 Å². The molecule has 0 bridgehead atoms. The van der Waals surface area contributed by atoms with Crippen LogP contribution in [0.4, 0.5) is 13.2 Å². The Balaban J connectivity index is 2.29. The minimum absolute atomic E-state index is 0.112. The van der Waals surface area contributed by atoms with E-state index in [2.05, 4.69) is 5.32 Å². The van der Waals surface area contributed by atoms with Crippen molar-refractivity contribution in [3.8, 4) is 0 Å². The number of carbonyl (C=O) groups excluding carboxylic acids is 3. The number of benzene rings is 2. The molecule has 1 atom stereocenters. The summed E-state index contributed by atoms with van der Waals surface area (Å²) in [4.78, 5) is 35.2. The van der Waals surface area contributed by atoms with Crippen molar-refractivity contribution in [3.63, 3.8) is 0 Å². The maximum Gasteiger partial charge on any atom is 0.287 e. The number of primary amides is 1. The number of hydrogen-bond acceptors (Lipinski definition) is 3. The largest absolute Gasteiger partial charge is 0.363 e. The minimum atomic E-state index is -1.43. The summed E-state index contributed by atoms with van der Waals surface area (Å²) >= 11 is 0. The lowest BCUT2D eigenvalue weighted by atomic mass is 10.0. The molecular formula is C17H13F3N2O3. The van der Waals surface area contributed by atoms with Crippen LogP contribution in [0.15, 0.2) is 42.5 Å². The summed E-state index contributed by atoms with van der Waals surface area (Å²) in [6, 6.07) is 7.57. The lowest BCUT2D eigenvalue weighted by Crippen LogP contribution is -2.47. The van der Waals surface area contributed by atoms with E-state index in [1.165, 1.54) is 0 Å². The van der Waals surface area contributed by atoms with Gasteiger partial charge in [0.2, 0.25) is 5.78 Å². The molecule has 2 rings (SSSR count). The number of Topliss-reactive ketones (excluding diaryl/α,β-unsaturated/α-hetero) is 1. The smallest absolute Gasteiger partial charge is 0.287 e. The van der Waals surface area contributed by atoms with Crippen LogP contribution in [0.2, 0.25) is 0 Å². The second-order valence-corrected chi connectivity index (χ2v) is 5.19. The molecule has 2 aromatic rings. The second kappa shape index (κ2) is 7.61. The van der Waals surface area contributed by atoms with E-state index in [9.17, 15) is 27.6 Å². The predicted molar refractivity (Wildman–Crippen MR) is 81.9 cm³/mol. The highest BCUT2D eigenvalue weighted by Gasteiger charge is 2.28. The van der Waals surface area contributed by atoms with Gasteiger partial charge in [-0.25, -0.2) is 13.2 Å². The molecule has 0 heterocycles. The first kappa shape index (κ1) is 18.2. The summed E-state index contributed by atoms with van der Waals surface area (Å²) in [6.45, 7) is 0. The summed E-state index contributed by atoms with van der Waals surface area (Å²) in [6.07, 6.45) is -0.112. The van der Waals surface area contributed by atoms with Gasteiger partial charge < -0.3 is 11.1 Å². The molecule has 130 valence electrons. The minimum Gasteiger partial charge on any atom is -0.363 e. The number of nitrogens with two attached hydrogens (primary N) is 1. The quantitative estimate of drug-likeness (QED) is 0.774.